The van der Waals surface area contributed by atoms with Crippen LogP contribution < -0.4 is 0 Å². The van der Waals surface area contributed by atoms with Crippen molar-refractivity contribution in [3.63, 3.8) is 0 Å². The zero-order valence-corrected chi connectivity index (χ0v) is 7.26. The summed E-state index contributed by atoms with van der Waals surface area (Å²) in [5.41, 5.74) is 0. The molecule has 0 aromatic carbocycles. The third-order valence-electron chi connectivity index (χ3n) is 1.18. The highest BCUT2D eigenvalue weighted by Gasteiger charge is 2.22. The molecule has 0 rings (SSSR count). The lowest BCUT2D eigenvalue weighted by molar-refractivity contribution is -0.109. The third-order valence-corrected chi connectivity index (χ3v) is 2.64. The second kappa shape index (κ2) is 4.18. The number of hydrogen-bond acceptors (Lipinski definition) is 2. The van der Waals surface area contributed by atoms with Crippen molar-refractivity contribution in [2.75, 3.05) is 12.0 Å². The second-order valence-corrected chi connectivity index (χ2v) is 3.56. The number of carbonyl (C=O) groups excluding carboxylic acids is 1. The van der Waals surface area contributed by atoms with E-state index in [9.17, 15) is 4.79 Å². The van der Waals surface area contributed by atoms with Crippen molar-refractivity contribution < 1.29 is 4.79 Å². The van der Waals surface area contributed by atoms with Crippen molar-refractivity contribution in [2.45, 2.75) is 18.2 Å². The van der Waals surface area contributed by atoms with Gasteiger partial charge in [0.05, 0.1) is 0 Å². The number of rotatable bonds is 4. The average molecular weight is 167 g/mol. The molecule has 1 nitrogen and oxygen atoms in total. The lowest BCUT2D eigenvalue weighted by atomic mass is 10.1. The lowest BCUT2D eigenvalue weighted by Gasteiger charge is -2.15. The predicted octanol–water partition coefficient (Wildman–Crippen LogP) is 1.94. The third kappa shape index (κ3) is 3.11. The number of thioether (sulfide) groups is 1. The topological polar surface area (TPSA) is 17.1 Å². The number of aldehydes is 1. The van der Waals surface area contributed by atoms with Crippen molar-refractivity contribution >= 4 is 29.6 Å². The first-order valence-electron chi connectivity index (χ1n) is 2.82. The summed E-state index contributed by atoms with van der Waals surface area (Å²) in [7, 11) is 0. The maximum atomic E-state index is 10.3. The number of carbonyl (C=O) groups is 1. The average Bonchev–Trinajstić information content (AvgIpc) is 1.89. The van der Waals surface area contributed by atoms with Crippen molar-refractivity contribution in [3.05, 3.63) is 0 Å². The van der Waals surface area contributed by atoms with E-state index in [4.69, 9.17) is 11.6 Å². The normalized spacial score (nSPS) is 16.8. The largest absolute Gasteiger partial charge is 0.301 e. The zero-order valence-electron chi connectivity index (χ0n) is 5.69. The van der Waals surface area contributed by atoms with Gasteiger partial charge in [0.2, 0.25) is 0 Å². The minimum atomic E-state index is -0.612. The Morgan fingerprint density at radius 1 is 1.78 bits per heavy atom. The van der Waals surface area contributed by atoms with E-state index in [1.165, 1.54) is 0 Å². The van der Waals surface area contributed by atoms with Gasteiger partial charge in [-0.2, -0.15) is 11.8 Å². The molecule has 0 aliphatic rings. The van der Waals surface area contributed by atoms with Crippen molar-refractivity contribution in [3.8, 4) is 0 Å². The molecule has 1 atom stereocenters. The summed E-state index contributed by atoms with van der Waals surface area (Å²) in [5, 5.41) is 0. The molecule has 3 heteroatoms. The summed E-state index contributed by atoms with van der Waals surface area (Å²) in [6.45, 7) is 1.91. The SMILES string of the molecule is CCC(Cl)(C=O)CSC. The lowest BCUT2D eigenvalue weighted by Crippen LogP contribution is -2.24. The van der Waals surface area contributed by atoms with Crippen molar-refractivity contribution in [1.29, 1.82) is 0 Å². The molecule has 0 bridgehead atoms. The van der Waals surface area contributed by atoms with Gasteiger partial charge in [-0.1, -0.05) is 6.92 Å². The number of halogens is 1. The van der Waals surface area contributed by atoms with Gasteiger partial charge >= 0.3 is 0 Å². The highest BCUT2D eigenvalue weighted by molar-refractivity contribution is 7.98. The first-order valence-corrected chi connectivity index (χ1v) is 4.60. The number of alkyl halides is 1. The molecule has 54 valence electrons. The summed E-state index contributed by atoms with van der Waals surface area (Å²) in [5.74, 6) is 0.703. The zero-order chi connectivity index (χ0) is 7.33. The van der Waals surface area contributed by atoms with Gasteiger partial charge in [-0.15, -0.1) is 11.6 Å². The molecular weight excluding hydrogens is 156 g/mol. The molecule has 0 fully saturated rings. The van der Waals surface area contributed by atoms with Gasteiger partial charge < -0.3 is 4.79 Å². The fraction of sp³-hybridized carbons (Fsp3) is 0.833. The molecule has 0 spiro atoms. The van der Waals surface area contributed by atoms with Gasteiger partial charge in [-0.05, 0) is 12.7 Å². The van der Waals surface area contributed by atoms with Gasteiger partial charge in [0, 0.05) is 5.75 Å². The highest BCUT2D eigenvalue weighted by Crippen LogP contribution is 2.20. The molecule has 0 aromatic heterocycles. The second-order valence-electron chi connectivity index (χ2n) is 1.94. The monoisotopic (exact) mass is 166 g/mol. The molecule has 0 N–H and O–H groups in total. The Labute approximate surface area is 65.2 Å². The van der Waals surface area contributed by atoms with Crippen LogP contribution in [-0.2, 0) is 4.79 Å². The fourth-order valence-electron chi connectivity index (χ4n) is 0.459. The van der Waals surface area contributed by atoms with Crippen LogP contribution >= 0.6 is 23.4 Å². The van der Waals surface area contributed by atoms with E-state index in [1.807, 2.05) is 13.2 Å². The Morgan fingerprint density at radius 2 is 2.33 bits per heavy atom. The van der Waals surface area contributed by atoms with Crippen LogP contribution in [0.15, 0.2) is 0 Å². The minimum absolute atomic E-state index is 0.612. The van der Waals surface area contributed by atoms with Crippen LogP contribution in [0.5, 0.6) is 0 Å². The minimum Gasteiger partial charge on any atom is -0.301 e. The molecular formula is C6H11ClOS. The van der Waals surface area contributed by atoms with E-state index in [2.05, 4.69) is 0 Å². The standard InChI is InChI=1S/C6H11ClOS/c1-3-6(7,4-8)5-9-2/h4H,3,5H2,1-2H3. The Balaban J connectivity index is 3.76. The van der Waals surface area contributed by atoms with Gasteiger partial charge in [-0.3, -0.25) is 0 Å². The summed E-state index contributed by atoms with van der Waals surface area (Å²) in [6, 6.07) is 0. The van der Waals surface area contributed by atoms with E-state index >= 15 is 0 Å². The van der Waals surface area contributed by atoms with E-state index < -0.39 is 4.87 Å². The number of hydrogen-bond donors (Lipinski definition) is 0. The summed E-state index contributed by atoms with van der Waals surface area (Å²) in [6.07, 6.45) is 3.47. The molecule has 0 aliphatic carbocycles. The van der Waals surface area contributed by atoms with Crippen LogP contribution in [-0.4, -0.2) is 23.2 Å². The maximum absolute atomic E-state index is 10.3. The summed E-state index contributed by atoms with van der Waals surface area (Å²) >= 11 is 7.41. The molecule has 0 radical (unpaired) electrons. The van der Waals surface area contributed by atoms with Gasteiger partial charge in [0.25, 0.3) is 0 Å². The summed E-state index contributed by atoms with van der Waals surface area (Å²) < 4.78 is 0. The Hall–Kier alpha value is 0.310. The Morgan fingerprint density at radius 3 is 2.44 bits per heavy atom. The molecule has 0 aromatic rings. The van der Waals surface area contributed by atoms with Gasteiger partial charge in [0.1, 0.15) is 11.2 Å². The van der Waals surface area contributed by atoms with E-state index in [0.29, 0.717) is 12.2 Å². The van der Waals surface area contributed by atoms with E-state index in [1.54, 1.807) is 11.8 Å². The smallest absolute Gasteiger partial charge is 0.141 e. The Bertz CT molecular complexity index is 97.1. The molecule has 0 heterocycles. The predicted molar refractivity (Wildman–Crippen MR) is 43.3 cm³/mol. The first kappa shape index (κ1) is 9.31. The van der Waals surface area contributed by atoms with Crippen LogP contribution in [0.4, 0.5) is 0 Å². The Kier molecular flexibility index (Phi) is 4.32. The van der Waals surface area contributed by atoms with E-state index in [-0.39, 0.29) is 0 Å². The van der Waals surface area contributed by atoms with Gasteiger partial charge in [0.15, 0.2) is 0 Å². The van der Waals surface area contributed by atoms with Crippen LogP contribution in [0.25, 0.3) is 0 Å². The van der Waals surface area contributed by atoms with Crippen LogP contribution in [0.2, 0.25) is 0 Å². The van der Waals surface area contributed by atoms with Gasteiger partial charge in [-0.25, -0.2) is 0 Å². The molecule has 0 saturated carbocycles. The van der Waals surface area contributed by atoms with Crippen LogP contribution in [0, 0.1) is 0 Å². The molecule has 0 saturated heterocycles. The molecule has 1 unspecified atom stereocenters. The molecule has 0 aliphatic heterocycles. The van der Waals surface area contributed by atoms with Crippen LogP contribution in [0.3, 0.4) is 0 Å². The molecule has 0 amide bonds. The summed E-state index contributed by atoms with van der Waals surface area (Å²) in [4.78, 5) is 9.69. The highest BCUT2D eigenvalue weighted by atomic mass is 35.5. The first-order chi connectivity index (χ1) is 4.18. The quantitative estimate of drug-likeness (QED) is 0.469. The molecule has 9 heavy (non-hydrogen) atoms. The fourth-order valence-corrected chi connectivity index (χ4v) is 1.54. The maximum Gasteiger partial charge on any atom is 0.141 e. The van der Waals surface area contributed by atoms with Crippen molar-refractivity contribution in [1.82, 2.24) is 0 Å². The van der Waals surface area contributed by atoms with E-state index in [0.717, 1.165) is 6.29 Å². The van der Waals surface area contributed by atoms with Crippen molar-refractivity contribution in [2.24, 2.45) is 0 Å². The van der Waals surface area contributed by atoms with Crippen LogP contribution in [0.1, 0.15) is 13.3 Å².